The lowest BCUT2D eigenvalue weighted by molar-refractivity contribution is -0.119. The number of ketones is 3. The molecule has 0 fully saturated rings. The molecule has 4 N–H and O–H groups in total. The zero-order valence-corrected chi connectivity index (χ0v) is 37.4. The molecule has 342 valence electrons. The molecule has 0 aliphatic carbocycles. The highest BCUT2D eigenvalue weighted by molar-refractivity contribution is 6.18. The maximum absolute atomic E-state index is 14.1. The lowest BCUT2D eigenvalue weighted by atomic mass is 9.95. The van der Waals surface area contributed by atoms with Crippen LogP contribution in [0.25, 0.3) is 10.8 Å². The Labute approximate surface area is 390 Å². The van der Waals surface area contributed by atoms with Crippen LogP contribution in [0.4, 0.5) is 17.1 Å². The summed E-state index contributed by atoms with van der Waals surface area (Å²) in [5.74, 6) is -6.40. The molecule has 4 amide bonds. The van der Waals surface area contributed by atoms with Gasteiger partial charge < -0.3 is 30.7 Å². The van der Waals surface area contributed by atoms with Crippen LogP contribution in [0.15, 0.2) is 146 Å². The van der Waals surface area contributed by atoms with Crippen LogP contribution >= 0.6 is 0 Å². The molecule has 0 radical (unpaired) electrons. The van der Waals surface area contributed by atoms with E-state index >= 15 is 0 Å². The molecular weight excluding hydrogens is 869 g/mol. The molecule has 0 unspecified atom stereocenters. The summed E-state index contributed by atoms with van der Waals surface area (Å²) in [5, 5.41) is 12.2. The second-order valence-electron chi connectivity index (χ2n) is 15.5. The second kappa shape index (κ2) is 21.3. The number of hydrogen-bond acceptors (Lipinski definition) is 11. The maximum atomic E-state index is 14.1. The number of ether oxygens (including phenoxy) is 2. The zero-order valence-electron chi connectivity index (χ0n) is 37.4. The molecule has 0 saturated carbocycles. The van der Waals surface area contributed by atoms with Crippen LogP contribution in [0.5, 0.6) is 0 Å². The summed E-state index contributed by atoms with van der Waals surface area (Å²) in [7, 11) is 1.31. The van der Waals surface area contributed by atoms with Gasteiger partial charge in [-0.05, 0) is 98.6 Å². The molecule has 0 saturated heterocycles. The van der Waals surface area contributed by atoms with Crippen molar-refractivity contribution in [3.63, 3.8) is 0 Å². The molecule has 0 aromatic heterocycles. The van der Waals surface area contributed by atoms with E-state index in [0.717, 1.165) is 23.8 Å². The summed E-state index contributed by atoms with van der Waals surface area (Å²) < 4.78 is 10.3. The van der Waals surface area contributed by atoms with Crippen molar-refractivity contribution >= 4 is 80.8 Å². The van der Waals surface area contributed by atoms with Crippen molar-refractivity contribution in [2.24, 2.45) is 0 Å². The Morgan fingerprint density at radius 2 is 0.941 bits per heavy atom. The molecular formula is C53H44N4O11. The monoisotopic (exact) mass is 912 g/mol. The van der Waals surface area contributed by atoms with Crippen LogP contribution < -0.4 is 21.3 Å². The van der Waals surface area contributed by atoms with Gasteiger partial charge in [0.05, 0.1) is 22.3 Å². The van der Waals surface area contributed by atoms with Gasteiger partial charge >= 0.3 is 11.9 Å². The van der Waals surface area contributed by atoms with Gasteiger partial charge in [0.1, 0.15) is 0 Å². The molecule has 15 heteroatoms. The first kappa shape index (κ1) is 48.3. The first-order valence-electron chi connectivity index (χ1n) is 20.8. The summed E-state index contributed by atoms with van der Waals surface area (Å²) in [6.07, 6.45) is 0. The number of fused-ring (bicyclic) bond motifs is 1. The van der Waals surface area contributed by atoms with Crippen molar-refractivity contribution in [1.29, 1.82) is 0 Å². The summed E-state index contributed by atoms with van der Waals surface area (Å²) in [4.78, 5) is 118. The molecule has 0 aliphatic rings. The van der Waals surface area contributed by atoms with Crippen molar-refractivity contribution in [1.82, 2.24) is 5.32 Å². The van der Waals surface area contributed by atoms with Crippen molar-refractivity contribution in [3.05, 3.63) is 196 Å². The van der Waals surface area contributed by atoms with Crippen LogP contribution in [0.2, 0.25) is 0 Å². The number of carbonyl (C=O) groups is 9. The van der Waals surface area contributed by atoms with Gasteiger partial charge in [-0.15, -0.1) is 0 Å². The van der Waals surface area contributed by atoms with Gasteiger partial charge in [-0.25, -0.2) is 9.59 Å². The largest absolute Gasteiger partial charge is 0.454 e. The van der Waals surface area contributed by atoms with Gasteiger partial charge in [0.2, 0.25) is 0 Å². The quantitative estimate of drug-likeness (QED) is 0.0389. The minimum absolute atomic E-state index is 0.0972. The minimum atomic E-state index is -1.07. The highest BCUT2D eigenvalue weighted by Gasteiger charge is 2.25. The van der Waals surface area contributed by atoms with Gasteiger partial charge in [-0.2, -0.15) is 0 Å². The Morgan fingerprint density at radius 3 is 1.41 bits per heavy atom. The number of benzene rings is 6. The molecule has 0 atom stereocenters. The molecule has 0 bridgehead atoms. The van der Waals surface area contributed by atoms with Crippen LogP contribution in [0.3, 0.4) is 0 Å². The molecule has 68 heavy (non-hydrogen) atoms. The minimum Gasteiger partial charge on any atom is -0.454 e. The molecule has 15 nitrogen and oxygen atoms in total. The third kappa shape index (κ3) is 11.4. The van der Waals surface area contributed by atoms with Gasteiger partial charge in [-0.3, -0.25) is 33.6 Å². The number of anilines is 3. The van der Waals surface area contributed by atoms with Gasteiger partial charge in [-0.1, -0.05) is 73.3 Å². The Balaban J connectivity index is 1.27. The van der Waals surface area contributed by atoms with Gasteiger partial charge in [0.25, 0.3) is 23.6 Å². The molecule has 0 aliphatic heterocycles. The number of amides is 4. The van der Waals surface area contributed by atoms with E-state index in [2.05, 4.69) is 34.4 Å². The van der Waals surface area contributed by atoms with Crippen molar-refractivity contribution in [2.45, 2.75) is 20.8 Å². The Morgan fingerprint density at radius 1 is 0.471 bits per heavy atom. The fourth-order valence-electron chi connectivity index (χ4n) is 6.70. The number of hydrogen-bond donors (Lipinski definition) is 4. The summed E-state index contributed by atoms with van der Waals surface area (Å²) in [6.45, 7) is 10.5. The first-order chi connectivity index (χ1) is 32.4. The molecule has 6 rings (SSSR count). The van der Waals surface area contributed by atoms with Crippen LogP contribution in [0.1, 0.15) is 97.5 Å². The molecule has 0 heterocycles. The predicted octanol–water partition coefficient (Wildman–Crippen LogP) is 8.10. The van der Waals surface area contributed by atoms with E-state index in [4.69, 9.17) is 9.47 Å². The van der Waals surface area contributed by atoms with E-state index in [1.807, 2.05) is 19.1 Å². The Kier molecular flexibility index (Phi) is 15.1. The van der Waals surface area contributed by atoms with Crippen LogP contribution in [0, 0.1) is 6.92 Å². The SMILES string of the molecule is C=C(C)C(=O)COC(=O)c1ccc(C(=O)c2ccc(C(=O)OCC(=O)C(=C)C)c(C(=O)Nc3cccc(C(=O)Nc4ccc(NC(=O)c5cccc(C)c5)c5ccccc45)c3)c2)cc1C(=O)NC. The van der Waals surface area contributed by atoms with E-state index in [1.54, 1.807) is 48.5 Å². The number of aryl methyl sites for hydroxylation is 1. The first-order valence-corrected chi connectivity index (χ1v) is 20.8. The standard InChI is InChI=1S/C53H44N4O11/c1-29(2)45(58)27-67-52(65)39-19-17-32(25-41(39)50(63)54-6)47(60)33-18-20-40(53(66)68-28-46(59)30(3)4)42(26-33)51(64)55-36-14-10-13-35(24-36)49(62)57-44-22-21-43(37-15-7-8-16-38(37)44)56-48(61)34-12-9-11-31(5)23-34/h7-26H,1,3,27-28H2,2,4-6H3,(H,54,63)(H,55,64)(H,56,61)(H,57,62). The van der Waals surface area contributed by atoms with E-state index < -0.39 is 60.2 Å². The molecule has 6 aromatic rings. The third-order valence-corrected chi connectivity index (χ3v) is 10.4. The van der Waals surface area contributed by atoms with Crippen LogP contribution in [-0.4, -0.2) is 73.2 Å². The summed E-state index contributed by atoms with van der Waals surface area (Å²) in [5.41, 5.74) is 1.55. The fraction of sp³-hybridized carbons (Fsp3) is 0.113. The Bertz CT molecular complexity index is 3130. The highest BCUT2D eigenvalue weighted by Crippen LogP contribution is 2.31. The normalized spacial score (nSPS) is 10.5. The van der Waals surface area contributed by atoms with E-state index in [0.29, 0.717) is 27.7 Å². The van der Waals surface area contributed by atoms with E-state index in [-0.39, 0.29) is 61.7 Å². The van der Waals surface area contributed by atoms with E-state index in [1.165, 1.54) is 63.4 Å². The smallest absolute Gasteiger partial charge is 0.339 e. The lowest BCUT2D eigenvalue weighted by Crippen LogP contribution is -2.23. The summed E-state index contributed by atoms with van der Waals surface area (Å²) in [6, 6.07) is 30.7. The van der Waals surface area contributed by atoms with Gasteiger partial charge in [0, 0.05) is 57.1 Å². The zero-order chi connectivity index (χ0) is 49.2. The highest BCUT2D eigenvalue weighted by atomic mass is 16.5. The Hall–Kier alpha value is -9.11. The number of carbonyl (C=O) groups excluding carboxylic acids is 9. The summed E-state index contributed by atoms with van der Waals surface area (Å²) >= 11 is 0. The maximum Gasteiger partial charge on any atom is 0.339 e. The molecule has 0 spiro atoms. The van der Waals surface area contributed by atoms with Crippen molar-refractivity contribution in [3.8, 4) is 0 Å². The van der Waals surface area contributed by atoms with E-state index in [9.17, 15) is 43.2 Å². The fourth-order valence-corrected chi connectivity index (χ4v) is 6.70. The number of Topliss-reactive ketones (excluding diaryl/α,β-unsaturated/α-hetero) is 2. The molecule has 6 aromatic carbocycles. The number of esters is 2. The lowest BCUT2D eigenvalue weighted by Gasteiger charge is -2.15. The van der Waals surface area contributed by atoms with Crippen molar-refractivity contribution < 1.29 is 52.6 Å². The van der Waals surface area contributed by atoms with Crippen LogP contribution in [-0.2, 0) is 19.1 Å². The predicted molar refractivity (Wildman–Crippen MR) is 255 cm³/mol. The average molecular weight is 913 g/mol. The average Bonchev–Trinajstić information content (AvgIpc) is 3.34. The topological polar surface area (TPSA) is 220 Å². The van der Waals surface area contributed by atoms with Gasteiger partial charge in [0.15, 0.2) is 30.6 Å². The van der Waals surface area contributed by atoms with Crippen molar-refractivity contribution in [2.75, 3.05) is 36.2 Å². The third-order valence-electron chi connectivity index (χ3n) is 10.4. The number of nitrogens with one attached hydrogen (secondary N) is 4. The second-order valence-corrected chi connectivity index (χ2v) is 15.5. The number of rotatable bonds is 17.